The molecule has 0 aliphatic carbocycles. The van der Waals surface area contributed by atoms with Crippen LogP contribution in [0.15, 0.2) is 48.5 Å². The van der Waals surface area contributed by atoms with Crippen LogP contribution in [0.2, 0.25) is 0 Å². The summed E-state index contributed by atoms with van der Waals surface area (Å²) in [6.45, 7) is -0.334. The lowest BCUT2D eigenvalue weighted by Gasteiger charge is -2.23. The first-order valence-electron chi connectivity index (χ1n) is 8.79. The van der Waals surface area contributed by atoms with Crippen LogP contribution >= 0.6 is 15.9 Å². The van der Waals surface area contributed by atoms with Gasteiger partial charge >= 0.3 is 11.9 Å². The third-order valence-electron chi connectivity index (χ3n) is 4.07. The second-order valence-electron chi connectivity index (χ2n) is 6.02. The molecule has 0 N–H and O–H groups in total. The van der Waals surface area contributed by atoms with Gasteiger partial charge in [-0.15, -0.1) is 0 Å². The second-order valence-corrected chi connectivity index (χ2v) is 7.20. The number of carbonyl (C=O) groups is 3. The number of methoxy groups -OCH3 is 2. The molecule has 0 fully saturated rings. The summed E-state index contributed by atoms with van der Waals surface area (Å²) >= 11 is 3.14. The summed E-state index contributed by atoms with van der Waals surface area (Å²) in [5.41, 5.74) is 0.406. The number of esters is 2. The second kappa shape index (κ2) is 11.3. The Labute approximate surface area is 181 Å². The van der Waals surface area contributed by atoms with Gasteiger partial charge in [0, 0.05) is 0 Å². The molecule has 0 aliphatic rings. The highest BCUT2D eigenvalue weighted by Crippen LogP contribution is 2.20. The number of hydrogen-bond acceptors (Lipinski definition) is 7. The molecule has 3 unspecified atom stereocenters. The van der Waals surface area contributed by atoms with Crippen molar-refractivity contribution in [3.05, 3.63) is 59.7 Å². The van der Waals surface area contributed by atoms with Gasteiger partial charge in [0.05, 0.1) is 30.2 Å². The molecule has 2 rings (SSSR count). The third-order valence-corrected chi connectivity index (χ3v) is 4.85. The minimum Gasteiger partial charge on any atom is -0.497 e. The molecule has 0 heterocycles. The van der Waals surface area contributed by atoms with Crippen molar-refractivity contribution < 1.29 is 37.7 Å². The van der Waals surface area contributed by atoms with Gasteiger partial charge in [-0.1, -0.05) is 15.9 Å². The maximum absolute atomic E-state index is 14.1. The zero-order chi connectivity index (χ0) is 22.1. The lowest BCUT2D eigenvalue weighted by Crippen LogP contribution is -2.39. The molecule has 7 nitrogen and oxygen atoms in total. The van der Waals surface area contributed by atoms with Crippen LogP contribution in [0.25, 0.3) is 0 Å². The number of ether oxygens (including phenoxy) is 4. The summed E-state index contributed by atoms with van der Waals surface area (Å²) in [7, 11) is 2.97. The van der Waals surface area contributed by atoms with E-state index in [1.165, 1.54) is 38.5 Å². The van der Waals surface area contributed by atoms with E-state index < -0.39 is 29.0 Å². The van der Waals surface area contributed by atoms with Crippen molar-refractivity contribution >= 4 is 34.2 Å². The van der Waals surface area contributed by atoms with E-state index in [9.17, 15) is 18.8 Å². The standard InChI is InChI=1S/C21H20BrFO7/c1-27-15-7-3-13(4-8-15)20(25)29-12-17(22)19(18(23)11-24)30-21(26)14-5-9-16(28-2)10-6-14/h3-11,17-19H,12H2,1-2H3. The Balaban J connectivity index is 2.01. The molecule has 0 saturated heterocycles. The minimum atomic E-state index is -2.11. The van der Waals surface area contributed by atoms with Crippen molar-refractivity contribution in [3.63, 3.8) is 0 Å². The van der Waals surface area contributed by atoms with E-state index in [1.54, 1.807) is 24.3 Å². The summed E-state index contributed by atoms with van der Waals surface area (Å²) in [6, 6.07) is 12.2. The maximum atomic E-state index is 14.1. The Morgan fingerprint density at radius 1 is 0.933 bits per heavy atom. The van der Waals surface area contributed by atoms with E-state index in [4.69, 9.17) is 18.9 Å². The summed E-state index contributed by atoms with van der Waals surface area (Å²) in [6.07, 6.45) is -3.59. The van der Waals surface area contributed by atoms with Crippen molar-refractivity contribution in [3.8, 4) is 11.5 Å². The first-order valence-corrected chi connectivity index (χ1v) is 9.70. The first kappa shape index (κ1) is 23.3. The van der Waals surface area contributed by atoms with Crippen molar-refractivity contribution in [1.29, 1.82) is 0 Å². The monoisotopic (exact) mass is 482 g/mol. The van der Waals surface area contributed by atoms with E-state index >= 15 is 0 Å². The smallest absolute Gasteiger partial charge is 0.338 e. The van der Waals surface area contributed by atoms with Crippen LogP contribution in [-0.2, 0) is 14.3 Å². The van der Waals surface area contributed by atoms with Gasteiger partial charge in [-0.2, -0.15) is 0 Å². The molecule has 160 valence electrons. The molecule has 0 spiro atoms. The highest BCUT2D eigenvalue weighted by molar-refractivity contribution is 9.09. The lowest BCUT2D eigenvalue weighted by molar-refractivity contribution is -0.115. The molecular weight excluding hydrogens is 463 g/mol. The van der Waals surface area contributed by atoms with Crippen LogP contribution in [0.1, 0.15) is 20.7 Å². The van der Waals surface area contributed by atoms with Crippen LogP contribution in [-0.4, -0.2) is 56.2 Å². The number of alkyl halides is 2. The molecule has 3 atom stereocenters. The topological polar surface area (TPSA) is 88.1 Å². The van der Waals surface area contributed by atoms with Gasteiger partial charge in [-0.3, -0.25) is 4.79 Å². The van der Waals surface area contributed by atoms with E-state index in [0.29, 0.717) is 11.5 Å². The SMILES string of the molecule is COc1ccc(C(=O)OCC(Br)C(OC(=O)c2ccc(OC)cc2)C(F)C=O)cc1. The van der Waals surface area contributed by atoms with Crippen molar-refractivity contribution in [1.82, 2.24) is 0 Å². The van der Waals surface area contributed by atoms with Gasteiger partial charge in [0.15, 0.2) is 18.6 Å². The van der Waals surface area contributed by atoms with Crippen molar-refractivity contribution in [2.45, 2.75) is 17.1 Å². The van der Waals surface area contributed by atoms with Crippen LogP contribution < -0.4 is 9.47 Å². The molecule has 0 radical (unpaired) electrons. The van der Waals surface area contributed by atoms with Gasteiger partial charge in [0.2, 0.25) is 0 Å². The molecule has 0 aliphatic heterocycles. The summed E-state index contributed by atoms with van der Waals surface area (Å²) in [4.78, 5) is 34.5. The van der Waals surface area contributed by atoms with Crippen LogP contribution in [0, 0.1) is 0 Å². The van der Waals surface area contributed by atoms with Gasteiger partial charge in [0.1, 0.15) is 18.1 Å². The van der Waals surface area contributed by atoms with E-state index in [2.05, 4.69) is 15.9 Å². The molecule has 2 aromatic rings. The number of aldehydes is 1. The summed E-state index contributed by atoms with van der Waals surface area (Å²) in [5.74, 6) is -0.396. The zero-order valence-electron chi connectivity index (χ0n) is 16.2. The highest BCUT2D eigenvalue weighted by Gasteiger charge is 2.33. The molecule has 9 heteroatoms. The molecule has 0 saturated carbocycles. The number of rotatable bonds is 10. The predicted molar refractivity (Wildman–Crippen MR) is 109 cm³/mol. The molecule has 0 aromatic heterocycles. The van der Waals surface area contributed by atoms with E-state index in [0.717, 1.165) is 0 Å². The Morgan fingerprint density at radius 2 is 1.40 bits per heavy atom. The summed E-state index contributed by atoms with van der Waals surface area (Å²) < 4.78 is 34.4. The molecular formula is C21H20BrFO7. The highest BCUT2D eigenvalue weighted by atomic mass is 79.9. The average Bonchev–Trinajstić information content (AvgIpc) is 2.80. The predicted octanol–water partition coefficient (Wildman–Crippen LogP) is 3.39. The van der Waals surface area contributed by atoms with Gasteiger partial charge < -0.3 is 18.9 Å². The number of benzene rings is 2. The molecule has 0 bridgehead atoms. The Hall–Kier alpha value is -2.94. The van der Waals surface area contributed by atoms with Crippen LogP contribution in [0.5, 0.6) is 11.5 Å². The van der Waals surface area contributed by atoms with Gasteiger partial charge in [0.25, 0.3) is 0 Å². The fourth-order valence-electron chi connectivity index (χ4n) is 2.40. The van der Waals surface area contributed by atoms with Gasteiger partial charge in [-0.25, -0.2) is 14.0 Å². The Kier molecular flexibility index (Phi) is 8.79. The molecule has 30 heavy (non-hydrogen) atoms. The largest absolute Gasteiger partial charge is 0.497 e. The lowest BCUT2D eigenvalue weighted by atomic mass is 10.1. The van der Waals surface area contributed by atoms with Crippen LogP contribution in [0.4, 0.5) is 4.39 Å². The zero-order valence-corrected chi connectivity index (χ0v) is 17.8. The van der Waals surface area contributed by atoms with Crippen LogP contribution in [0.3, 0.4) is 0 Å². The number of halogens is 2. The average molecular weight is 483 g/mol. The minimum absolute atomic E-state index is 0.0194. The molecule has 2 aromatic carbocycles. The van der Waals surface area contributed by atoms with Crippen molar-refractivity contribution in [2.24, 2.45) is 0 Å². The molecule has 0 amide bonds. The normalized spacial score (nSPS) is 13.5. The Bertz CT molecular complexity index is 855. The number of hydrogen-bond donors (Lipinski definition) is 0. The van der Waals surface area contributed by atoms with E-state index in [-0.39, 0.29) is 24.0 Å². The Morgan fingerprint density at radius 3 is 1.83 bits per heavy atom. The first-order chi connectivity index (χ1) is 14.4. The fraction of sp³-hybridized carbons (Fsp3) is 0.286. The quantitative estimate of drug-likeness (QED) is 0.291. The summed E-state index contributed by atoms with van der Waals surface area (Å²) in [5, 5.41) is 0. The third kappa shape index (κ3) is 6.28. The van der Waals surface area contributed by atoms with Crippen molar-refractivity contribution in [2.75, 3.05) is 20.8 Å². The van der Waals surface area contributed by atoms with Gasteiger partial charge in [-0.05, 0) is 48.5 Å². The van der Waals surface area contributed by atoms with E-state index in [1.807, 2.05) is 0 Å². The maximum Gasteiger partial charge on any atom is 0.338 e. The number of carbonyl (C=O) groups excluding carboxylic acids is 3. The fourth-order valence-corrected chi connectivity index (χ4v) is 2.93.